The molecule has 1 saturated heterocycles. The topological polar surface area (TPSA) is 149 Å². The zero-order valence-electron chi connectivity index (χ0n) is 43.0. The van der Waals surface area contributed by atoms with Crippen LogP contribution in [0.1, 0.15) is 296 Å². The maximum atomic E-state index is 13.0. The molecule has 1 heterocycles. The summed E-state index contributed by atoms with van der Waals surface area (Å²) >= 11 is 0. The molecule has 0 bridgehead atoms. The lowest BCUT2D eigenvalue weighted by Crippen LogP contribution is -2.60. The van der Waals surface area contributed by atoms with Crippen molar-refractivity contribution in [2.24, 2.45) is 0 Å². The number of unbranched alkanes of at least 4 members (excludes halogenated alkanes) is 40. The Morgan fingerprint density at radius 3 is 1.09 bits per heavy atom. The van der Waals surface area contributed by atoms with Crippen molar-refractivity contribution in [2.75, 3.05) is 13.2 Å². The molecule has 0 aromatic heterocycles. The van der Waals surface area contributed by atoms with E-state index in [9.17, 15) is 30.3 Å². The number of nitrogens with one attached hydrogen (secondary N) is 1. The summed E-state index contributed by atoms with van der Waals surface area (Å²) in [5.41, 5.74) is 0. The van der Waals surface area contributed by atoms with Crippen LogP contribution >= 0.6 is 0 Å². The van der Waals surface area contributed by atoms with Crippen LogP contribution in [0.25, 0.3) is 0 Å². The maximum absolute atomic E-state index is 13.0. The number of hydrogen-bond acceptors (Lipinski definition) is 8. The van der Waals surface area contributed by atoms with Crippen molar-refractivity contribution in [1.82, 2.24) is 5.32 Å². The summed E-state index contributed by atoms with van der Waals surface area (Å²) in [5.74, 6) is -0.142. The highest BCUT2D eigenvalue weighted by atomic mass is 16.7. The minimum absolute atomic E-state index is 0.132. The lowest BCUT2D eigenvalue weighted by molar-refractivity contribution is -0.302. The summed E-state index contributed by atoms with van der Waals surface area (Å²) in [6.45, 7) is 3.85. The Morgan fingerprint density at radius 1 is 0.462 bits per heavy atom. The van der Waals surface area contributed by atoms with E-state index in [1.165, 1.54) is 231 Å². The van der Waals surface area contributed by atoms with E-state index in [0.717, 1.165) is 38.5 Å². The van der Waals surface area contributed by atoms with Gasteiger partial charge in [-0.1, -0.05) is 277 Å². The smallest absolute Gasteiger partial charge is 0.220 e. The van der Waals surface area contributed by atoms with Crippen LogP contribution in [0, 0.1) is 0 Å². The Kier molecular flexibility index (Phi) is 44.9. The van der Waals surface area contributed by atoms with Crippen LogP contribution in [0.2, 0.25) is 0 Å². The second kappa shape index (κ2) is 46.9. The van der Waals surface area contributed by atoms with E-state index < -0.39 is 49.5 Å². The van der Waals surface area contributed by atoms with Gasteiger partial charge in [0, 0.05) is 6.42 Å². The number of aliphatic hydroxyl groups excluding tert-OH is 5. The van der Waals surface area contributed by atoms with Gasteiger partial charge in [-0.15, -0.1) is 0 Å². The average molecular weight is 927 g/mol. The summed E-state index contributed by atoms with van der Waals surface area (Å²) < 4.78 is 11.3. The molecule has 388 valence electrons. The van der Waals surface area contributed by atoms with Gasteiger partial charge in [-0.2, -0.15) is 0 Å². The van der Waals surface area contributed by atoms with Crippen molar-refractivity contribution < 1.29 is 39.8 Å². The summed E-state index contributed by atoms with van der Waals surface area (Å²) in [6.07, 6.45) is 48.8. The van der Waals surface area contributed by atoms with Crippen LogP contribution in [-0.4, -0.2) is 87.5 Å². The Morgan fingerprint density at radius 2 is 0.769 bits per heavy atom. The first-order valence-corrected chi connectivity index (χ1v) is 28.7. The van der Waals surface area contributed by atoms with Gasteiger partial charge in [0.1, 0.15) is 24.4 Å². The number of amides is 1. The zero-order chi connectivity index (χ0) is 47.3. The fourth-order valence-corrected chi connectivity index (χ4v) is 9.64. The fourth-order valence-electron chi connectivity index (χ4n) is 9.64. The van der Waals surface area contributed by atoms with E-state index in [-0.39, 0.29) is 12.5 Å². The fraction of sp³-hybridized carbons (Fsp3) is 0.982. The van der Waals surface area contributed by atoms with Gasteiger partial charge in [0.2, 0.25) is 5.91 Å². The van der Waals surface area contributed by atoms with Gasteiger partial charge in [0.05, 0.1) is 25.4 Å². The quantitative estimate of drug-likeness (QED) is 0.0330. The second-order valence-electron chi connectivity index (χ2n) is 20.5. The highest BCUT2D eigenvalue weighted by Crippen LogP contribution is 2.23. The van der Waals surface area contributed by atoms with Crippen molar-refractivity contribution in [3.8, 4) is 0 Å². The van der Waals surface area contributed by atoms with E-state index in [1.54, 1.807) is 0 Å². The van der Waals surface area contributed by atoms with Crippen molar-refractivity contribution in [2.45, 2.75) is 339 Å². The first-order chi connectivity index (χ1) is 31.8. The number of aliphatic hydroxyl groups is 5. The van der Waals surface area contributed by atoms with Crippen molar-refractivity contribution >= 4 is 5.91 Å². The highest BCUT2D eigenvalue weighted by Gasteiger charge is 2.44. The lowest BCUT2D eigenvalue weighted by atomic mass is 9.99. The third-order valence-electron chi connectivity index (χ3n) is 14.2. The molecule has 0 aliphatic carbocycles. The van der Waals surface area contributed by atoms with Gasteiger partial charge in [0.25, 0.3) is 0 Å². The first-order valence-electron chi connectivity index (χ1n) is 28.7. The Hall–Kier alpha value is -0.810. The predicted molar refractivity (Wildman–Crippen MR) is 272 cm³/mol. The molecule has 7 unspecified atom stereocenters. The highest BCUT2D eigenvalue weighted by molar-refractivity contribution is 5.76. The third kappa shape index (κ3) is 36.8. The predicted octanol–water partition coefficient (Wildman–Crippen LogP) is 13.9. The zero-order valence-corrected chi connectivity index (χ0v) is 43.0. The molecule has 0 radical (unpaired) electrons. The molecule has 1 aliphatic rings. The van der Waals surface area contributed by atoms with Crippen LogP contribution in [0.5, 0.6) is 0 Å². The van der Waals surface area contributed by atoms with E-state index >= 15 is 0 Å². The van der Waals surface area contributed by atoms with Crippen LogP contribution in [0.3, 0.4) is 0 Å². The van der Waals surface area contributed by atoms with Gasteiger partial charge in [0.15, 0.2) is 6.29 Å². The molecule has 0 aromatic carbocycles. The first kappa shape index (κ1) is 62.2. The van der Waals surface area contributed by atoms with Crippen molar-refractivity contribution in [1.29, 1.82) is 0 Å². The molecule has 1 rings (SSSR count). The number of rotatable bonds is 50. The molecule has 0 spiro atoms. The van der Waals surface area contributed by atoms with Gasteiger partial charge < -0.3 is 40.3 Å². The molecule has 1 amide bonds. The summed E-state index contributed by atoms with van der Waals surface area (Å²) in [6, 6.07) is -0.712. The molecular formula is C56H111NO8. The molecule has 9 nitrogen and oxygen atoms in total. The van der Waals surface area contributed by atoms with Crippen molar-refractivity contribution in [3.05, 3.63) is 0 Å². The molecule has 9 heteroatoms. The summed E-state index contributed by atoms with van der Waals surface area (Å²) in [7, 11) is 0. The minimum Gasteiger partial charge on any atom is -0.394 e. The monoisotopic (exact) mass is 926 g/mol. The third-order valence-corrected chi connectivity index (χ3v) is 14.2. The summed E-state index contributed by atoms with van der Waals surface area (Å²) in [5, 5.41) is 54.5. The number of hydrogen-bond donors (Lipinski definition) is 6. The minimum atomic E-state index is -1.55. The standard InChI is InChI=1S/C56H111NO8/c1-3-5-7-9-11-13-15-16-17-18-19-20-21-22-23-24-25-26-27-28-29-30-31-32-33-34-35-36-37-39-41-43-45-50(59)49(48-64-56-55(63)54(62)53(61)51(47-58)65-56)57-52(60)46-44-42-40-38-14-12-10-8-6-4-2/h49-51,53-56,58-59,61-63H,3-48H2,1-2H3,(H,57,60). The van der Waals surface area contributed by atoms with Crippen LogP contribution in [0.4, 0.5) is 0 Å². The molecule has 0 saturated carbocycles. The van der Waals surface area contributed by atoms with Gasteiger partial charge in [-0.05, 0) is 12.8 Å². The SMILES string of the molecule is CCCCCCCCCCCCCCCCCCCCCCCCCCCCCCCCCCC(O)C(COC1OC(CO)C(O)C(O)C1O)NC(=O)CCCCCCCCCCCC. The number of carbonyl (C=O) groups excluding carboxylic acids is 1. The Labute approximate surface area is 402 Å². The maximum Gasteiger partial charge on any atom is 0.220 e. The second-order valence-corrected chi connectivity index (χ2v) is 20.5. The normalized spacial score (nSPS) is 19.8. The van der Waals surface area contributed by atoms with Crippen LogP contribution in [0.15, 0.2) is 0 Å². The molecule has 65 heavy (non-hydrogen) atoms. The van der Waals surface area contributed by atoms with Crippen molar-refractivity contribution in [3.63, 3.8) is 0 Å². The molecule has 6 N–H and O–H groups in total. The van der Waals surface area contributed by atoms with Gasteiger partial charge in [-0.25, -0.2) is 0 Å². The largest absolute Gasteiger partial charge is 0.394 e. The van der Waals surface area contributed by atoms with E-state index in [0.29, 0.717) is 12.8 Å². The molecule has 1 aliphatic heterocycles. The Bertz CT molecular complexity index is 986. The lowest BCUT2D eigenvalue weighted by Gasteiger charge is -2.40. The molecule has 1 fully saturated rings. The van der Waals surface area contributed by atoms with Gasteiger partial charge in [-0.3, -0.25) is 4.79 Å². The van der Waals surface area contributed by atoms with Crippen LogP contribution < -0.4 is 5.32 Å². The molecule has 0 aromatic rings. The van der Waals surface area contributed by atoms with Gasteiger partial charge >= 0.3 is 0 Å². The average Bonchev–Trinajstić information content (AvgIpc) is 3.31. The summed E-state index contributed by atoms with van der Waals surface area (Å²) in [4.78, 5) is 13.0. The molecular weight excluding hydrogens is 815 g/mol. The van der Waals surface area contributed by atoms with E-state index in [1.807, 2.05) is 0 Å². The van der Waals surface area contributed by atoms with E-state index in [2.05, 4.69) is 19.2 Å². The molecule has 7 atom stereocenters. The van der Waals surface area contributed by atoms with Crippen LogP contribution in [-0.2, 0) is 14.3 Å². The number of carbonyl (C=O) groups is 1. The van der Waals surface area contributed by atoms with E-state index in [4.69, 9.17) is 9.47 Å². The number of ether oxygens (including phenoxy) is 2. The Balaban J connectivity index is 2.06.